The molecule has 0 bridgehead atoms. The van der Waals surface area contributed by atoms with Crippen LogP contribution in [-0.4, -0.2) is 34.4 Å². The fraction of sp³-hybridized carbons (Fsp3) is 0.400. The zero-order valence-corrected chi connectivity index (χ0v) is 14.9. The van der Waals surface area contributed by atoms with Crippen molar-refractivity contribution in [3.8, 4) is 17.2 Å². The summed E-state index contributed by atoms with van der Waals surface area (Å²) in [4.78, 5) is 1.51. The summed E-state index contributed by atoms with van der Waals surface area (Å²) in [5, 5.41) is 0. The number of methoxy groups -OCH3 is 2. The summed E-state index contributed by atoms with van der Waals surface area (Å²) in [6, 6.07) is 16.3. The monoisotopic (exact) mass is 330 g/mol. The number of para-hydroxylation sites is 1. The molecule has 2 rings (SSSR count). The van der Waals surface area contributed by atoms with Crippen LogP contribution in [0.3, 0.4) is 0 Å². The van der Waals surface area contributed by atoms with E-state index in [0.717, 1.165) is 25.9 Å². The molecule has 0 aliphatic rings. The van der Waals surface area contributed by atoms with Gasteiger partial charge in [-0.25, -0.2) is 0 Å². The highest BCUT2D eigenvalue weighted by Gasteiger charge is 2.11. The van der Waals surface area contributed by atoms with Gasteiger partial charge in [0, 0.05) is 5.56 Å². The first kappa shape index (κ1) is 18.1. The lowest BCUT2D eigenvalue weighted by molar-refractivity contribution is -0.894. The van der Waals surface area contributed by atoms with Crippen LogP contribution < -0.4 is 19.1 Å². The Balaban J connectivity index is 1.72. The number of rotatable bonds is 10. The number of ether oxygens (including phenoxy) is 3. The van der Waals surface area contributed by atoms with Crippen molar-refractivity contribution >= 4 is 0 Å². The van der Waals surface area contributed by atoms with Crippen LogP contribution >= 0.6 is 0 Å². The molecule has 2 aromatic carbocycles. The quantitative estimate of drug-likeness (QED) is 0.680. The number of hydrogen-bond acceptors (Lipinski definition) is 3. The maximum absolute atomic E-state index is 5.89. The molecule has 0 amide bonds. The van der Waals surface area contributed by atoms with Crippen molar-refractivity contribution in [3.63, 3.8) is 0 Å². The highest BCUT2D eigenvalue weighted by Crippen LogP contribution is 2.36. The second kappa shape index (κ2) is 9.83. The summed E-state index contributed by atoms with van der Waals surface area (Å²) in [7, 11) is 5.52. The van der Waals surface area contributed by atoms with Crippen molar-refractivity contribution in [3.05, 3.63) is 54.1 Å². The van der Waals surface area contributed by atoms with E-state index in [1.807, 2.05) is 18.2 Å². The third kappa shape index (κ3) is 5.46. The smallest absolute Gasteiger partial charge is 0.203 e. The van der Waals surface area contributed by atoms with E-state index < -0.39 is 0 Å². The number of quaternary nitrogens is 1. The van der Waals surface area contributed by atoms with Crippen molar-refractivity contribution in [2.75, 3.05) is 34.4 Å². The van der Waals surface area contributed by atoms with Crippen LogP contribution in [0.25, 0.3) is 0 Å². The van der Waals surface area contributed by atoms with E-state index >= 15 is 0 Å². The molecule has 0 spiro atoms. The minimum absolute atomic E-state index is 0.662. The van der Waals surface area contributed by atoms with Gasteiger partial charge in [-0.15, -0.1) is 0 Å². The Morgan fingerprint density at radius 2 is 1.50 bits per heavy atom. The Kier molecular flexibility index (Phi) is 7.43. The van der Waals surface area contributed by atoms with Crippen molar-refractivity contribution < 1.29 is 19.1 Å². The minimum Gasteiger partial charge on any atom is -0.493 e. The molecule has 1 atom stereocenters. The second-order valence-corrected chi connectivity index (χ2v) is 5.92. The highest BCUT2D eigenvalue weighted by atomic mass is 16.5. The molecule has 0 fully saturated rings. The van der Waals surface area contributed by atoms with Crippen molar-refractivity contribution in [1.82, 2.24) is 0 Å². The molecule has 0 saturated carbocycles. The molecular formula is C20H28NO3+. The fourth-order valence-electron chi connectivity index (χ4n) is 2.70. The van der Waals surface area contributed by atoms with E-state index in [9.17, 15) is 0 Å². The molecule has 2 aromatic rings. The summed E-state index contributed by atoms with van der Waals surface area (Å²) in [5.41, 5.74) is 1.38. The summed E-state index contributed by atoms with van der Waals surface area (Å²) in [6.45, 7) is 2.85. The van der Waals surface area contributed by atoms with Crippen molar-refractivity contribution in [2.24, 2.45) is 0 Å². The molecule has 0 saturated heterocycles. The lowest BCUT2D eigenvalue weighted by atomic mass is 10.2. The first-order chi connectivity index (χ1) is 11.7. The van der Waals surface area contributed by atoms with E-state index in [1.54, 1.807) is 14.2 Å². The van der Waals surface area contributed by atoms with Crippen LogP contribution in [0.4, 0.5) is 0 Å². The lowest BCUT2D eigenvalue weighted by Crippen LogP contribution is -3.07. The molecule has 0 radical (unpaired) electrons. The molecule has 4 nitrogen and oxygen atoms in total. The van der Waals surface area contributed by atoms with Gasteiger partial charge in [0.15, 0.2) is 11.5 Å². The molecule has 0 aromatic heterocycles. The average Bonchev–Trinajstić information content (AvgIpc) is 2.62. The summed E-state index contributed by atoms with van der Waals surface area (Å²) in [5.74, 6) is 2.11. The van der Waals surface area contributed by atoms with Gasteiger partial charge in [-0.05, 0) is 25.0 Å². The van der Waals surface area contributed by atoms with E-state index in [0.29, 0.717) is 23.9 Å². The first-order valence-corrected chi connectivity index (χ1v) is 8.43. The van der Waals surface area contributed by atoms with E-state index in [4.69, 9.17) is 14.2 Å². The topological polar surface area (TPSA) is 32.1 Å². The van der Waals surface area contributed by atoms with Crippen molar-refractivity contribution in [2.45, 2.75) is 19.4 Å². The van der Waals surface area contributed by atoms with Crippen LogP contribution in [0.5, 0.6) is 17.2 Å². The minimum atomic E-state index is 0.662. The molecular weight excluding hydrogens is 302 g/mol. The predicted octanol–water partition coefficient (Wildman–Crippen LogP) is 2.58. The normalized spacial score (nSPS) is 11.8. The van der Waals surface area contributed by atoms with Gasteiger partial charge in [-0.3, -0.25) is 0 Å². The molecule has 1 N–H and O–H groups in total. The van der Waals surface area contributed by atoms with Crippen LogP contribution in [0.2, 0.25) is 0 Å². The van der Waals surface area contributed by atoms with E-state index in [2.05, 4.69) is 37.4 Å². The van der Waals surface area contributed by atoms with Gasteiger partial charge in [-0.1, -0.05) is 36.4 Å². The zero-order chi connectivity index (χ0) is 17.2. The molecule has 1 unspecified atom stereocenters. The van der Waals surface area contributed by atoms with Gasteiger partial charge in [0.2, 0.25) is 5.75 Å². The predicted molar refractivity (Wildman–Crippen MR) is 96.2 cm³/mol. The van der Waals surface area contributed by atoms with E-state index in [-0.39, 0.29) is 0 Å². The molecule has 0 aliphatic carbocycles. The SMILES string of the molecule is COc1cccc(OC)c1OCCCC[NH+](C)Cc1ccccc1. The molecule has 0 aliphatic heterocycles. The lowest BCUT2D eigenvalue weighted by Gasteiger charge is -2.15. The molecule has 130 valence electrons. The van der Waals surface area contributed by atoms with Crippen LogP contribution in [0.1, 0.15) is 18.4 Å². The largest absolute Gasteiger partial charge is 0.493 e. The Labute approximate surface area is 145 Å². The van der Waals surface area contributed by atoms with Crippen LogP contribution in [0.15, 0.2) is 48.5 Å². The maximum Gasteiger partial charge on any atom is 0.203 e. The number of hydrogen-bond donors (Lipinski definition) is 1. The van der Waals surface area contributed by atoms with Gasteiger partial charge in [0.25, 0.3) is 0 Å². The van der Waals surface area contributed by atoms with Gasteiger partial charge < -0.3 is 19.1 Å². The number of nitrogens with one attached hydrogen (secondary N) is 1. The third-order valence-electron chi connectivity index (χ3n) is 3.98. The maximum atomic E-state index is 5.89. The van der Waals surface area contributed by atoms with Gasteiger partial charge in [0.1, 0.15) is 6.54 Å². The van der Waals surface area contributed by atoms with Gasteiger partial charge >= 0.3 is 0 Å². The summed E-state index contributed by atoms with van der Waals surface area (Å²) >= 11 is 0. The molecule has 4 heteroatoms. The number of benzene rings is 2. The number of unbranched alkanes of at least 4 members (excludes halogenated alkanes) is 1. The highest BCUT2D eigenvalue weighted by molar-refractivity contribution is 5.51. The van der Waals surface area contributed by atoms with Crippen LogP contribution in [-0.2, 0) is 6.54 Å². The molecule has 0 heterocycles. The fourth-order valence-corrected chi connectivity index (χ4v) is 2.70. The molecule has 24 heavy (non-hydrogen) atoms. The van der Waals surface area contributed by atoms with Crippen molar-refractivity contribution in [1.29, 1.82) is 0 Å². The average molecular weight is 330 g/mol. The van der Waals surface area contributed by atoms with E-state index in [1.165, 1.54) is 10.5 Å². The Hall–Kier alpha value is -2.20. The van der Waals surface area contributed by atoms with Gasteiger partial charge in [-0.2, -0.15) is 0 Å². The Morgan fingerprint density at radius 3 is 2.12 bits per heavy atom. The second-order valence-electron chi connectivity index (χ2n) is 5.92. The first-order valence-electron chi connectivity index (χ1n) is 8.43. The summed E-state index contributed by atoms with van der Waals surface area (Å²) < 4.78 is 16.6. The van der Waals surface area contributed by atoms with Crippen LogP contribution in [0, 0.1) is 0 Å². The third-order valence-corrected chi connectivity index (χ3v) is 3.98. The Bertz CT molecular complexity index is 579. The zero-order valence-electron chi connectivity index (χ0n) is 14.9. The Morgan fingerprint density at radius 1 is 0.833 bits per heavy atom. The summed E-state index contributed by atoms with van der Waals surface area (Å²) in [6.07, 6.45) is 2.13. The standard InChI is InChI=1S/C20H27NO3/c1-21(16-17-10-5-4-6-11-17)14-7-8-15-24-20-18(22-2)12-9-13-19(20)23-3/h4-6,9-13H,7-8,14-16H2,1-3H3/p+1. The van der Waals surface area contributed by atoms with Gasteiger partial charge in [0.05, 0.1) is 34.4 Å².